The molecule has 0 aliphatic heterocycles. The van der Waals surface area contributed by atoms with Gasteiger partial charge in [0.05, 0.1) is 11.8 Å². The van der Waals surface area contributed by atoms with Crippen LogP contribution in [-0.4, -0.2) is 41.0 Å². The monoisotopic (exact) mass is 244 g/mol. The van der Waals surface area contributed by atoms with Crippen LogP contribution < -0.4 is 5.73 Å². The Morgan fingerprint density at radius 3 is 2.24 bits per heavy atom. The second kappa shape index (κ2) is 6.59. The van der Waals surface area contributed by atoms with Crippen LogP contribution in [-0.2, 0) is 9.59 Å². The van der Waals surface area contributed by atoms with E-state index >= 15 is 0 Å². The fourth-order valence-corrected chi connectivity index (χ4v) is 1.75. The van der Waals surface area contributed by atoms with Gasteiger partial charge in [0.2, 0.25) is 5.91 Å². The number of rotatable bonds is 7. The Bertz CT molecular complexity index is 275. The molecular formula is C12H24N2O3. The van der Waals surface area contributed by atoms with Crippen LogP contribution >= 0.6 is 0 Å². The minimum atomic E-state index is -0.894. The van der Waals surface area contributed by atoms with E-state index in [-0.39, 0.29) is 24.9 Å². The molecule has 0 saturated carbocycles. The molecular weight excluding hydrogens is 220 g/mol. The van der Waals surface area contributed by atoms with Crippen LogP contribution in [0.3, 0.4) is 0 Å². The molecule has 0 aromatic rings. The molecule has 0 spiro atoms. The van der Waals surface area contributed by atoms with Gasteiger partial charge in [-0.3, -0.25) is 9.59 Å². The number of amides is 1. The SMILES string of the molecule is CCN(C(=O)C(C)(CC)CN)C(C)CC(=O)O. The van der Waals surface area contributed by atoms with Gasteiger partial charge in [-0.25, -0.2) is 0 Å². The van der Waals surface area contributed by atoms with Crippen LogP contribution in [0, 0.1) is 5.41 Å². The zero-order valence-corrected chi connectivity index (χ0v) is 11.2. The molecule has 5 nitrogen and oxygen atoms in total. The standard InChI is InChI=1S/C12H24N2O3/c1-5-12(4,8-13)11(17)14(6-2)9(3)7-10(15)16/h9H,5-8,13H2,1-4H3,(H,15,16). The van der Waals surface area contributed by atoms with Crippen molar-refractivity contribution < 1.29 is 14.7 Å². The van der Waals surface area contributed by atoms with Crippen LogP contribution in [0.25, 0.3) is 0 Å². The molecule has 2 atom stereocenters. The molecule has 5 heteroatoms. The summed E-state index contributed by atoms with van der Waals surface area (Å²) in [7, 11) is 0. The van der Waals surface area contributed by atoms with Crippen LogP contribution in [0.5, 0.6) is 0 Å². The van der Waals surface area contributed by atoms with Crippen molar-refractivity contribution in [1.82, 2.24) is 4.90 Å². The van der Waals surface area contributed by atoms with Crippen molar-refractivity contribution in [3.63, 3.8) is 0 Å². The minimum absolute atomic E-state index is 0.0378. The predicted molar refractivity (Wildman–Crippen MR) is 66.6 cm³/mol. The van der Waals surface area contributed by atoms with Gasteiger partial charge in [-0.2, -0.15) is 0 Å². The molecule has 17 heavy (non-hydrogen) atoms. The number of carboxylic acids is 1. The number of nitrogens with two attached hydrogens (primary N) is 1. The molecule has 0 aliphatic rings. The molecule has 0 aromatic heterocycles. The molecule has 0 aliphatic carbocycles. The summed E-state index contributed by atoms with van der Waals surface area (Å²) < 4.78 is 0. The van der Waals surface area contributed by atoms with E-state index in [2.05, 4.69) is 0 Å². The Morgan fingerprint density at radius 2 is 1.94 bits per heavy atom. The molecule has 0 bridgehead atoms. The lowest BCUT2D eigenvalue weighted by Gasteiger charge is -2.35. The summed E-state index contributed by atoms with van der Waals surface area (Å²) in [6, 6.07) is -0.303. The van der Waals surface area contributed by atoms with Gasteiger partial charge < -0.3 is 15.7 Å². The summed E-state index contributed by atoms with van der Waals surface area (Å²) in [5.74, 6) is -0.951. The average Bonchev–Trinajstić information content (AvgIpc) is 2.27. The lowest BCUT2D eigenvalue weighted by molar-refractivity contribution is -0.145. The molecule has 0 fully saturated rings. The van der Waals surface area contributed by atoms with Crippen LogP contribution in [0.1, 0.15) is 40.5 Å². The van der Waals surface area contributed by atoms with Gasteiger partial charge in [0.15, 0.2) is 0 Å². The van der Waals surface area contributed by atoms with Gasteiger partial charge in [-0.05, 0) is 27.2 Å². The van der Waals surface area contributed by atoms with Crippen LogP contribution in [0.2, 0.25) is 0 Å². The van der Waals surface area contributed by atoms with Crippen molar-refractivity contribution in [2.75, 3.05) is 13.1 Å². The van der Waals surface area contributed by atoms with Crippen molar-refractivity contribution in [1.29, 1.82) is 0 Å². The summed E-state index contributed by atoms with van der Waals surface area (Å²) in [5.41, 5.74) is 5.05. The normalized spacial score (nSPS) is 16.1. The van der Waals surface area contributed by atoms with Gasteiger partial charge in [0, 0.05) is 19.1 Å². The summed E-state index contributed by atoms with van der Waals surface area (Å²) in [5, 5.41) is 8.76. The number of carboxylic acid groups (broad SMARTS) is 1. The predicted octanol–water partition coefficient (Wildman–Crippen LogP) is 1.07. The largest absolute Gasteiger partial charge is 0.481 e. The zero-order valence-electron chi connectivity index (χ0n) is 11.2. The molecule has 100 valence electrons. The van der Waals surface area contributed by atoms with Crippen molar-refractivity contribution >= 4 is 11.9 Å². The molecule has 0 rings (SSSR count). The Morgan fingerprint density at radius 1 is 1.41 bits per heavy atom. The van der Waals surface area contributed by atoms with Crippen molar-refractivity contribution in [3.05, 3.63) is 0 Å². The molecule has 1 amide bonds. The molecule has 0 aromatic carbocycles. The van der Waals surface area contributed by atoms with Gasteiger partial charge in [0.25, 0.3) is 0 Å². The van der Waals surface area contributed by atoms with Crippen molar-refractivity contribution in [3.8, 4) is 0 Å². The second-order valence-corrected chi connectivity index (χ2v) is 4.66. The highest BCUT2D eigenvalue weighted by atomic mass is 16.4. The number of nitrogens with zero attached hydrogens (tertiary/aromatic N) is 1. The van der Waals surface area contributed by atoms with E-state index in [0.29, 0.717) is 13.0 Å². The van der Waals surface area contributed by atoms with E-state index in [1.165, 1.54) is 0 Å². The highest BCUT2D eigenvalue weighted by Gasteiger charge is 2.35. The lowest BCUT2D eigenvalue weighted by Crippen LogP contribution is -2.49. The van der Waals surface area contributed by atoms with Crippen molar-refractivity contribution in [2.24, 2.45) is 11.1 Å². The van der Waals surface area contributed by atoms with E-state index in [9.17, 15) is 9.59 Å². The Balaban J connectivity index is 4.87. The highest BCUT2D eigenvalue weighted by molar-refractivity contribution is 5.83. The topological polar surface area (TPSA) is 83.6 Å². The summed E-state index contributed by atoms with van der Waals surface area (Å²) in [6.07, 6.45) is 0.614. The van der Waals surface area contributed by atoms with Crippen molar-refractivity contribution in [2.45, 2.75) is 46.6 Å². The fourth-order valence-electron chi connectivity index (χ4n) is 1.75. The number of carbonyl (C=O) groups is 2. The summed E-state index contributed by atoms with van der Waals surface area (Å²) >= 11 is 0. The molecule has 2 unspecified atom stereocenters. The van der Waals surface area contributed by atoms with E-state index in [1.807, 2.05) is 20.8 Å². The number of carbonyl (C=O) groups excluding carboxylic acids is 1. The number of aliphatic carboxylic acids is 1. The second-order valence-electron chi connectivity index (χ2n) is 4.66. The van der Waals surface area contributed by atoms with Gasteiger partial charge >= 0.3 is 5.97 Å². The molecule has 0 saturated heterocycles. The number of hydrogen-bond acceptors (Lipinski definition) is 3. The molecule has 0 heterocycles. The Kier molecular flexibility index (Phi) is 6.16. The van der Waals surface area contributed by atoms with Crippen LogP contribution in [0.4, 0.5) is 0 Å². The smallest absolute Gasteiger partial charge is 0.305 e. The van der Waals surface area contributed by atoms with Gasteiger partial charge in [0.1, 0.15) is 0 Å². The minimum Gasteiger partial charge on any atom is -0.481 e. The highest BCUT2D eigenvalue weighted by Crippen LogP contribution is 2.24. The first kappa shape index (κ1) is 15.9. The summed E-state index contributed by atoms with van der Waals surface area (Å²) in [6.45, 7) is 8.12. The first-order valence-corrected chi connectivity index (χ1v) is 6.05. The quantitative estimate of drug-likeness (QED) is 0.701. The summed E-state index contributed by atoms with van der Waals surface area (Å²) in [4.78, 5) is 24.6. The van der Waals surface area contributed by atoms with Gasteiger partial charge in [-0.15, -0.1) is 0 Å². The number of hydrogen-bond donors (Lipinski definition) is 2. The maximum absolute atomic E-state index is 12.3. The third kappa shape index (κ3) is 4.00. The molecule has 3 N–H and O–H groups in total. The van der Waals surface area contributed by atoms with E-state index in [1.54, 1.807) is 11.8 Å². The average molecular weight is 244 g/mol. The Labute approximate surface area is 103 Å². The Hall–Kier alpha value is -1.10. The fraction of sp³-hybridized carbons (Fsp3) is 0.833. The zero-order chi connectivity index (χ0) is 13.6. The molecule has 0 radical (unpaired) electrons. The van der Waals surface area contributed by atoms with E-state index in [0.717, 1.165) is 0 Å². The lowest BCUT2D eigenvalue weighted by atomic mass is 9.85. The maximum Gasteiger partial charge on any atom is 0.305 e. The third-order valence-corrected chi connectivity index (χ3v) is 3.35. The van der Waals surface area contributed by atoms with Crippen LogP contribution in [0.15, 0.2) is 0 Å². The van der Waals surface area contributed by atoms with E-state index < -0.39 is 11.4 Å². The first-order chi connectivity index (χ1) is 7.82. The first-order valence-electron chi connectivity index (χ1n) is 6.05. The third-order valence-electron chi connectivity index (χ3n) is 3.35. The van der Waals surface area contributed by atoms with E-state index in [4.69, 9.17) is 10.8 Å². The maximum atomic E-state index is 12.3. The van der Waals surface area contributed by atoms with Gasteiger partial charge in [-0.1, -0.05) is 6.92 Å².